The Hall–Kier alpha value is -2.93. The van der Waals surface area contributed by atoms with Crippen LogP contribution < -0.4 is 25.6 Å². The molecule has 3 N–H and O–H groups in total. The lowest BCUT2D eigenvalue weighted by Gasteiger charge is -2.37. The Bertz CT molecular complexity index is 1660. The molecule has 3 aromatic rings. The van der Waals surface area contributed by atoms with Crippen molar-refractivity contribution in [3.8, 4) is 5.75 Å². The van der Waals surface area contributed by atoms with Crippen molar-refractivity contribution in [2.45, 2.75) is 55.0 Å². The minimum atomic E-state index is -1.29. The summed E-state index contributed by atoms with van der Waals surface area (Å²) in [6.45, 7) is 9.10. The van der Waals surface area contributed by atoms with Crippen LogP contribution in [0.2, 0.25) is 5.02 Å². The molecule has 8 nitrogen and oxygen atoms in total. The fraction of sp³-hybridized carbons (Fsp3) is 0.429. The summed E-state index contributed by atoms with van der Waals surface area (Å²) in [5, 5.41) is 10.2. The first-order valence-electron chi connectivity index (χ1n) is 15.5. The first-order valence-corrected chi connectivity index (χ1v) is 17.4. The predicted octanol–water partition coefficient (Wildman–Crippen LogP) is 6.65. The highest BCUT2D eigenvalue weighted by Crippen LogP contribution is 2.57. The fourth-order valence-electron chi connectivity index (χ4n) is 7.35. The molecule has 11 heteroatoms. The van der Waals surface area contributed by atoms with Crippen LogP contribution in [-0.2, 0) is 24.2 Å². The number of methoxy groups -OCH3 is 1. The molecule has 0 saturated carbocycles. The third-order valence-corrected chi connectivity index (χ3v) is 10.4. The molecule has 0 unspecified atom stereocenters. The fourth-order valence-corrected chi connectivity index (χ4v) is 8.11. The van der Waals surface area contributed by atoms with Gasteiger partial charge in [0.05, 0.1) is 32.1 Å². The van der Waals surface area contributed by atoms with Gasteiger partial charge in [-0.05, 0) is 52.8 Å². The number of hydrogen-bond acceptors (Lipinski definition) is 6. The van der Waals surface area contributed by atoms with Gasteiger partial charge in [-0.2, -0.15) is 0 Å². The number of halogens is 3. The zero-order valence-electron chi connectivity index (χ0n) is 26.4. The van der Waals surface area contributed by atoms with Gasteiger partial charge < -0.3 is 30.3 Å². The number of hydrogen-bond donors (Lipinski definition) is 3. The van der Waals surface area contributed by atoms with Crippen LogP contribution in [0.15, 0.2) is 54.6 Å². The monoisotopic (exact) mass is 760 g/mol. The van der Waals surface area contributed by atoms with Crippen LogP contribution in [0.25, 0.3) is 0 Å². The molecular weight excluding hydrogens is 722 g/mol. The van der Waals surface area contributed by atoms with E-state index in [-0.39, 0.29) is 17.2 Å². The Morgan fingerprint density at radius 3 is 2.63 bits per heavy atom. The van der Waals surface area contributed by atoms with Gasteiger partial charge in [-0.3, -0.25) is 9.59 Å². The standard InChI is InChI=1S/C35H39ClFIN4O4/c1-34(2,3)18-28-35(24-10-8-21(36)16-26(24)40-33(35)44)29(23-7-5-6-20(19-38)30(23)37)31(41-28)32(43)39-25-11-9-22(17-27(25)45-4)42-12-14-46-15-13-42/h5-11,16-17,28-29,31,41H,12-15,18-19H2,1-4H3,(H,39,43)(H,40,44)/t28-,29-,31+,35+/m0/s1. The average molecular weight is 761 g/mol. The van der Waals surface area contributed by atoms with E-state index in [1.807, 2.05) is 24.3 Å². The number of benzene rings is 3. The van der Waals surface area contributed by atoms with Crippen LogP contribution in [0, 0.1) is 11.2 Å². The second-order valence-corrected chi connectivity index (χ2v) is 14.6. The van der Waals surface area contributed by atoms with Gasteiger partial charge >= 0.3 is 0 Å². The first-order chi connectivity index (χ1) is 22.0. The van der Waals surface area contributed by atoms with Crippen molar-refractivity contribution in [2.75, 3.05) is 48.9 Å². The second kappa shape index (κ2) is 12.9. The predicted molar refractivity (Wildman–Crippen MR) is 188 cm³/mol. The first kappa shape index (κ1) is 33.0. The summed E-state index contributed by atoms with van der Waals surface area (Å²) >= 11 is 8.51. The van der Waals surface area contributed by atoms with Crippen LogP contribution in [-0.4, -0.2) is 57.3 Å². The zero-order valence-corrected chi connectivity index (χ0v) is 29.3. The number of morpholine rings is 1. The minimum Gasteiger partial charge on any atom is -0.494 e. The molecule has 3 heterocycles. The van der Waals surface area contributed by atoms with Crippen molar-refractivity contribution in [3.05, 3.63) is 82.1 Å². The molecule has 0 radical (unpaired) electrons. The van der Waals surface area contributed by atoms with Crippen molar-refractivity contribution in [3.63, 3.8) is 0 Å². The molecule has 4 atom stereocenters. The largest absolute Gasteiger partial charge is 0.494 e. The normalized spacial score (nSPS) is 24.2. The Balaban J connectivity index is 1.47. The lowest BCUT2D eigenvalue weighted by molar-refractivity contribution is -0.122. The molecule has 0 bridgehead atoms. The van der Waals surface area contributed by atoms with Gasteiger partial charge in [0.25, 0.3) is 0 Å². The van der Waals surface area contributed by atoms with E-state index in [4.69, 9.17) is 21.1 Å². The number of carbonyl (C=O) groups is 2. The molecule has 3 aliphatic heterocycles. The van der Waals surface area contributed by atoms with Crippen LogP contribution in [0.1, 0.15) is 49.8 Å². The minimum absolute atomic E-state index is 0.225. The number of rotatable bonds is 7. The van der Waals surface area contributed by atoms with Gasteiger partial charge in [-0.25, -0.2) is 4.39 Å². The molecule has 3 aliphatic rings. The Kier molecular flexibility index (Phi) is 9.28. The Morgan fingerprint density at radius 2 is 1.93 bits per heavy atom. The number of fused-ring (bicyclic) bond motifs is 2. The van der Waals surface area contributed by atoms with Gasteiger partial charge in [0, 0.05) is 51.9 Å². The molecule has 1 spiro atoms. The summed E-state index contributed by atoms with van der Waals surface area (Å²) in [5.74, 6) is -1.43. The maximum atomic E-state index is 16.4. The highest BCUT2D eigenvalue weighted by molar-refractivity contribution is 14.1. The van der Waals surface area contributed by atoms with Gasteiger partial charge in [-0.1, -0.05) is 79.2 Å². The Labute approximate surface area is 287 Å². The molecule has 2 fully saturated rings. The number of amides is 2. The number of nitrogens with zero attached hydrogens (tertiary/aromatic N) is 1. The van der Waals surface area contributed by atoms with E-state index in [0.717, 1.165) is 18.8 Å². The molecular formula is C35H39ClFIN4O4. The lowest BCUT2D eigenvalue weighted by Crippen LogP contribution is -2.49. The van der Waals surface area contributed by atoms with Crippen LogP contribution in [0.4, 0.5) is 21.5 Å². The molecule has 3 aromatic carbocycles. The van der Waals surface area contributed by atoms with E-state index >= 15 is 4.39 Å². The average Bonchev–Trinajstić information content (AvgIpc) is 3.50. The molecule has 2 amide bonds. The second-order valence-electron chi connectivity index (χ2n) is 13.4. The van der Waals surface area contributed by atoms with Crippen molar-refractivity contribution >= 4 is 63.1 Å². The van der Waals surface area contributed by atoms with Gasteiger partial charge in [0.1, 0.15) is 17.0 Å². The molecule has 0 aliphatic carbocycles. The van der Waals surface area contributed by atoms with E-state index in [2.05, 4.69) is 64.2 Å². The molecule has 244 valence electrons. The van der Waals surface area contributed by atoms with Crippen LogP contribution >= 0.6 is 34.2 Å². The summed E-state index contributed by atoms with van der Waals surface area (Å²) in [5.41, 5.74) is 2.07. The summed E-state index contributed by atoms with van der Waals surface area (Å²) in [6, 6.07) is 14.8. The van der Waals surface area contributed by atoms with E-state index < -0.39 is 29.2 Å². The van der Waals surface area contributed by atoms with Gasteiger partial charge in [-0.15, -0.1) is 0 Å². The Morgan fingerprint density at radius 1 is 1.17 bits per heavy atom. The highest BCUT2D eigenvalue weighted by atomic mass is 127. The smallest absolute Gasteiger partial charge is 0.242 e. The number of alkyl halides is 1. The maximum Gasteiger partial charge on any atom is 0.242 e. The number of anilines is 3. The van der Waals surface area contributed by atoms with E-state index in [0.29, 0.717) is 62.9 Å². The topological polar surface area (TPSA) is 91.9 Å². The molecule has 6 rings (SSSR count). The van der Waals surface area contributed by atoms with E-state index in [1.165, 1.54) is 0 Å². The molecule has 2 saturated heterocycles. The third-order valence-electron chi connectivity index (χ3n) is 9.31. The van der Waals surface area contributed by atoms with Crippen molar-refractivity contribution in [2.24, 2.45) is 5.41 Å². The number of carbonyl (C=O) groups excluding carboxylic acids is 2. The van der Waals surface area contributed by atoms with Crippen LogP contribution in [0.3, 0.4) is 0 Å². The zero-order chi connectivity index (χ0) is 32.8. The summed E-state index contributed by atoms with van der Waals surface area (Å²) in [6.07, 6.45) is 0.550. The van der Waals surface area contributed by atoms with Crippen LogP contribution in [0.5, 0.6) is 5.75 Å². The van der Waals surface area contributed by atoms with Crippen molar-refractivity contribution < 1.29 is 23.5 Å². The van der Waals surface area contributed by atoms with Crippen molar-refractivity contribution in [1.82, 2.24) is 5.32 Å². The lowest BCUT2D eigenvalue weighted by atomic mass is 9.62. The quantitative estimate of drug-likeness (QED) is 0.185. The molecule has 46 heavy (non-hydrogen) atoms. The summed E-state index contributed by atoms with van der Waals surface area (Å²) in [7, 11) is 1.56. The molecule has 0 aromatic heterocycles. The number of nitrogens with one attached hydrogen (secondary N) is 3. The summed E-state index contributed by atoms with van der Waals surface area (Å²) in [4.78, 5) is 31.2. The third kappa shape index (κ3) is 5.86. The highest BCUT2D eigenvalue weighted by Gasteiger charge is 2.66. The van der Waals surface area contributed by atoms with Gasteiger partial charge in [0.15, 0.2) is 0 Å². The van der Waals surface area contributed by atoms with Crippen molar-refractivity contribution in [1.29, 1.82) is 0 Å². The summed E-state index contributed by atoms with van der Waals surface area (Å²) < 4.78 is 28.1. The number of ether oxygens (including phenoxy) is 2. The van der Waals surface area contributed by atoms with E-state index in [1.54, 1.807) is 37.4 Å². The van der Waals surface area contributed by atoms with E-state index in [9.17, 15) is 9.59 Å². The maximum absolute atomic E-state index is 16.4. The van der Waals surface area contributed by atoms with Gasteiger partial charge in [0.2, 0.25) is 11.8 Å². The SMILES string of the molecule is COc1cc(N2CCOCC2)ccc1NC(=O)[C@@H]1N[C@@H](CC(C)(C)C)[C@@]2(C(=O)Nc3cc(Cl)ccc32)[C@H]1c1cccc(CI)c1F.